The number of carboxylic acids is 1. The molecule has 1 N–H and O–H groups in total. The lowest BCUT2D eigenvalue weighted by Gasteiger charge is -2.07. The zero-order valence-electron chi connectivity index (χ0n) is 11.6. The van der Waals surface area contributed by atoms with E-state index in [1.165, 1.54) is 11.3 Å². The monoisotopic (exact) mass is 305 g/mol. The maximum Gasteiger partial charge on any atom is 0.347 e. The van der Waals surface area contributed by atoms with Crippen molar-refractivity contribution in [3.8, 4) is 22.1 Å². The molecule has 1 aromatic carbocycles. The molecular formula is C15H15NO4S. The van der Waals surface area contributed by atoms with Gasteiger partial charge in [-0.3, -0.25) is 0 Å². The lowest BCUT2D eigenvalue weighted by molar-refractivity contribution is 0.0701. The minimum Gasteiger partial charge on any atom is -0.490 e. The average molecular weight is 305 g/mol. The third-order valence-electron chi connectivity index (χ3n) is 3.22. The highest BCUT2D eigenvalue weighted by atomic mass is 32.1. The van der Waals surface area contributed by atoms with Gasteiger partial charge in [-0.15, -0.1) is 11.3 Å². The summed E-state index contributed by atoms with van der Waals surface area (Å²) >= 11 is 1.19. The highest BCUT2D eigenvalue weighted by molar-refractivity contribution is 7.17. The van der Waals surface area contributed by atoms with Gasteiger partial charge in [0.25, 0.3) is 0 Å². The van der Waals surface area contributed by atoms with Crippen LogP contribution in [0.15, 0.2) is 18.2 Å². The van der Waals surface area contributed by atoms with Gasteiger partial charge in [-0.25, -0.2) is 9.78 Å². The van der Waals surface area contributed by atoms with E-state index in [1.54, 1.807) is 0 Å². The van der Waals surface area contributed by atoms with Crippen LogP contribution in [0.25, 0.3) is 10.6 Å². The number of fused-ring (bicyclic) bond motifs is 1. The first-order valence-corrected chi connectivity index (χ1v) is 7.63. The Morgan fingerprint density at radius 1 is 1.33 bits per heavy atom. The van der Waals surface area contributed by atoms with Crippen molar-refractivity contribution in [2.24, 2.45) is 0 Å². The van der Waals surface area contributed by atoms with Crippen molar-refractivity contribution in [2.45, 2.75) is 19.8 Å². The summed E-state index contributed by atoms with van der Waals surface area (Å²) in [6.07, 6.45) is 1.45. The van der Waals surface area contributed by atoms with Gasteiger partial charge in [0.1, 0.15) is 9.88 Å². The van der Waals surface area contributed by atoms with Gasteiger partial charge < -0.3 is 14.6 Å². The van der Waals surface area contributed by atoms with E-state index in [1.807, 2.05) is 25.1 Å². The molecular weight excluding hydrogens is 290 g/mol. The second-order valence-electron chi connectivity index (χ2n) is 4.67. The molecule has 5 nitrogen and oxygen atoms in total. The number of carboxylic acid groups (broad SMARTS) is 1. The molecule has 0 unspecified atom stereocenters. The van der Waals surface area contributed by atoms with E-state index in [4.69, 9.17) is 9.47 Å². The van der Waals surface area contributed by atoms with Gasteiger partial charge in [0.05, 0.1) is 18.9 Å². The number of benzene rings is 1. The number of hydrogen-bond acceptors (Lipinski definition) is 5. The molecule has 1 aliphatic rings. The Bertz CT molecular complexity index is 680. The van der Waals surface area contributed by atoms with Crippen LogP contribution in [0, 0.1) is 0 Å². The van der Waals surface area contributed by atoms with Gasteiger partial charge in [0.15, 0.2) is 11.5 Å². The van der Waals surface area contributed by atoms with Crippen molar-refractivity contribution in [1.29, 1.82) is 0 Å². The van der Waals surface area contributed by atoms with Gasteiger partial charge in [-0.1, -0.05) is 6.92 Å². The van der Waals surface area contributed by atoms with Gasteiger partial charge in [0.2, 0.25) is 0 Å². The van der Waals surface area contributed by atoms with E-state index in [0.717, 1.165) is 17.7 Å². The molecule has 3 rings (SSSR count). The Hall–Kier alpha value is -2.08. The van der Waals surface area contributed by atoms with E-state index in [9.17, 15) is 9.90 Å². The number of nitrogens with zero attached hydrogens (tertiary/aromatic N) is 1. The van der Waals surface area contributed by atoms with Crippen LogP contribution in [0.2, 0.25) is 0 Å². The second kappa shape index (κ2) is 5.73. The fraction of sp³-hybridized carbons (Fsp3) is 0.333. The summed E-state index contributed by atoms with van der Waals surface area (Å²) in [6, 6.07) is 5.60. The third kappa shape index (κ3) is 2.71. The second-order valence-corrected chi connectivity index (χ2v) is 5.66. The van der Waals surface area contributed by atoms with Crippen LogP contribution in [0.5, 0.6) is 11.5 Å². The molecule has 0 radical (unpaired) electrons. The number of rotatable bonds is 3. The SMILES string of the molecule is CCc1nc(-c2ccc3c(c2)OCCCO3)sc1C(=O)O. The number of aromatic carboxylic acids is 1. The first kappa shape index (κ1) is 13.9. The maximum atomic E-state index is 11.2. The Labute approximate surface area is 126 Å². The highest BCUT2D eigenvalue weighted by Crippen LogP contribution is 2.36. The molecule has 2 heterocycles. The van der Waals surface area contributed by atoms with Gasteiger partial charge >= 0.3 is 5.97 Å². The fourth-order valence-corrected chi connectivity index (χ4v) is 3.17. The van der Waals surface area contributed by atoms with Crippen molar-refractivity contribution in [3.05, 3.63) is 28.8 Å². The van der Waals surface area contributed by atoms with E-state index >= 15 is 0 Å². The molecule has 0 amide bonds. The van der Waals surface area contributed by atoms with E-state index in [2.05, 4.69) is 4.98 Å². The Morgan fingerprint density at radius 3 is 2.76 bits per heavy atom. The zero-order chi connectivity index (χ0) is 14.8. The minimum atomic E-state index is -0.926. The molecule has 6 heteroatoms. The highest BCUT2D eigenvalue weighted by Gasteiger charge is 2.18. The van der Waals surface area contributed by atoms with Crippen LogP contribution in [0.1, 0.15) is 28.7 Å². The Kier molecular flexibility index (Phi) is 3.79. The summed E-state index contributed by atoms with van der Waals surface area (Å²) in [4.78, 5) is 16.0. The molecule has 0 bridgehead atoms. The van der Waals surface area contributed by atoms with Gasteiger partial charge in [-0.2, -0.15) is 0 Å². The van der Waals surface area contributed by atoms with Gasteiger partial charge in [0, 0.05) is 12.0 Å². The molecule has 1 aromatic heterocycles. The predicted molar refractivity (Wildman–Crippen MR) is 79.5 cm³/mol. The fourth-order valence-electron chi connectivity index (χ4n) is 2.18. The van der Waals surface area contributed by atoms with Crippen molar-refractivity contribution in [1.82, 2.24) is 4.98 Å². The minimum absolute atomic E-state index is 0.305. The average Bonchev–Trinajstić information content (AvgIpc) is 2.79. The van der Waals surface area contributed by atoms with Crippen molar-refractivity contribution < 1.29 is 19.4 Å². The van der Waals surface area contributed by atoms with Crippen LogP contribution in [0.4, 0.5) is 0 Å². The molecule has 0 spiro atoms. The van der Waals surface area contributed by atoms with E-state index in [-0.39, 0.29) is 0 Å². The van der Waals surface area contributed by atoms with Crippen molar-refractivity contribution in [2.75, 3.05) is 13.2 Å². The van der Waals surface area contributed by atoms with Crippen LogP contribution in [-0.2, 0) is 6.42 Å². The normalized spacial score (nSPS) is 13.8. The number of carbonyl (C=O) groups is 1. The molecule has 0 aliphatic carbocycles. The molecule has 0 saturated carbocycles. The molecule has 0 fully saturated rings. The number of thiazole rings is 1. The number of aromatic nitrogens is 1. The molecule has 1 aliphatic heterocycles. The Balaban J connectivity index is 2.01. The van der Waals surface area contributed by atoms with Crippen LogP contribution >= 0.6 is 11.3 Å². The quantitative estimate of drug-likeness (QED) is 0.943. The van der Waals surface area contributed by atoms with Gasteiger partial charge in [-0.05, 0) is 24.6 Å². The smallest absolute Gasteiger partial charge is 0.347 e. The topological polar surface area (TPSA) is 68.7 Å². The first-order valence-electron chi connectivity index (χ1n) is 6.82. The summed E-state index contributed by atoms with van der Waals surface area (Å²) in [6.45, 7) is 3.17. The summed E-state index contributed by atoms with van der Waals surface area (Å²) < 4.78 is 11.2. The van der Waals surface area contributed by atoms with E-state index in [0.29, 0.717) is 41.0 Å². The molecule has 110 valence electrons. The van der Waals surface area contributed by atoms with Crippen LogP contribution in [-0.4, -0.2) is 29.3 Å². The molecule has 21 heavy (non-hydrogen) atoms. The summed E-state index contributed by atoms with van der Waals surface area (Å²) in [5.41, 5.74) is 1.47. The van der Waals surface area contributed by atoms with Crippen LogP contribution in [0.3, 0.4) is 0 Å². The summed E-state index contributed by atoms with van der Waals surface area (Å²) in [7, 11) is 0. The summed E-state index contributed by atoms with van der Waals surface area (Å²) in [5.74, 6) is 0.488. The standard InChI is InChI=1S/C15H15NO4S/c1-2-10-13(15(17)18)21-14(16-10)9-4-5-11-12(8-9)20-7-3-6-19-11/h4-5,8H,2-3,6-7H2,1H3,(H,17,18). The predicted octanol–water partition coefficient (Wildman–Crippen LogP) is 3.23. The molecule has 0 atom stereocenters. The first-order chi connectivity index (χ1) is 10.2. The van der Waals surface area contributed by atoms with E-state index < -0.39 is 5.97 Å². The molecule has 0 saturated heterocycles. The summed E-state index contributed by atoms with van der Waals surface area (Å²) in [5, 5.41) is 9.91. The zero-order valence-corrected chi connectivity index (χ0v) is 12.4. The lowest BCUT2D eigenvalue weighted by atomic mass is 10.2. The largest absolute Gasteiger partial charge is 0.490 e. The van der Waals surface area contributed by atoms with Crippen molar-refractivity contribution >= 4 is 17.3 Å². The van der Waals surface area contributed by atoms with Crippen LogP contribution < -0.4 is 9.47 Å². The lowest BCUT2D eigenvalue weighted by Crippen LogP contribution is -1.97. The molecule has 2 aromatic rings. The third-order valence-corrected chi connectivity index (χ3v) is 4.36. The number of ether oxygens (including phenoxy) is 2. The van der Waals surface area contributed by atoms with Crippen molar-refractivity contribution in [3.63, 3.8) is 0 Å². The Morgan fingerprint density at radius 2 is 2.10 bits per heavy atom. The number of hydrogen-bond donors (Lipinski definition) is 1. The number of aryl methyl sites for hydroxylation is 1. The maximum absolute atomic E-state index is 11.2.